The SMILES string of the molecule is CC(C)c1cc2c(cc1NC(=O)Nc1ccc(F)c(Cl)c1)[C@@]1(C)CCC[C@@](C)(C(=O)O)[C@@H]1CC2. The van der Waals surface area contributed by atoms with Gasteiger partial charge in [-0.2, -0.15) is 0 Å². The number of carbonyl (C=O) groups excluding carboxylic acids is 1. The molecule has 3 atom stereocenters. The Morgan fingerprint density at radius 3 is 2.53 bits per heavy atom. The van der Waals surface area contributed by atoms with Crippen LogP contribution in [0.2, 0.25) is 5.02 Å². The summed E-state index contributed by atoms with van der Waals surface area (Å²) in [5, 5.41) is 15.7. The van der Waals surface area contributed by atoms with E-state index in [1.807, 2.05) is 6.92 Å². The minimum atomic E-state index is -0.756. The Bertz CT molecular complexity index is 1150. The molecule has 2 aromatic rings. The molecule has 2 aliphatic carbocycles. The first-order valence-corrected chi connectivity index (χ1v) is 12.3. The van der Waals surface area contributed by atoms with Crippen LogP contribution in [0.25, 0.3) is 0 Å². The average molecular weight is 487 g/mol. The van der Waals surface area contributed by atoms with E-state index in [2.05, 4.69) is 43.5 Å². The van der Waals surface area contributed by atoms with Crippen LogP contribution >= 0.6 is 11.6 Å². The van der Waals surface area contributed by atoms with Gasteiger partial charge in [0.1, 0.15) is 5.82 Å². The second-order valence-corrected chi connectivity index (χ2v) is 11.0. The molecule has 7 heteroatoms. The van der Waals surface area contributed by atoms with Crippen molar-refractivity contribution in [2.75, 3.05) is 10.6 Å². The Hall–Kier alpha value is -2.60. The molecule has 0 aromatic heterocycles. The summed E-state index contributed by atoms with van der Waals surface area (Å²) in [7, 11) is 0. The molecular weight excluding hydrogens is 455 g/mol. The molecule has 2 amide bonds. The van der Waals surface area contributed by atoms with E-state index in [0.29, 0.717) is 17.8 Å². The van der Waals surface area contributed by atoms with Gasteiger partial charge < -0.3 is 15.7 Å². The lowest BCUT2D eigenvalue weighted by Gasteiger charge is -2.53. The molecule has 0 spiro atoms. The monoisotopic (exact) mass is 486 g/mol. The maximum absolute atomic E-state index is 13.5. The normalized spacial score (nSPS) is 25.9. The molecule has 0 radical (unpaired) electrons. The van der Waals surface area contributed by atoms with Gasteiger partial charge in [-0.05, 0) is 90.8 Å². The third kappa shape index (κ3) is 4.17. The average Bonchev–Trinajstić information content (AvgIpc) is 2.76. The Balaban J connectivity index is 1.69. The molecule has 2 aromatic carbocycles. The molecule has 1 saturated carbocycles. The first-order chi connectivity index (χ1) is 16.0. The highest BCUT2D eigenvalue weighted by Crippen LogP contribution is 2.58. The van der Waals surface area contributed by atoms with Crippen molar-refractivity contribution in [2.24, 2.45) is 11.3 Å². The molecule has 5 nitrogen and oxygen atoms in total. The molecule has 0 bridgehead atoms. The zero-order valence-corrected chi connectivity index (χ0v) is 20.9. The maximum Gasteiger partial charge on any atom is 0.323 e. The van der Waals surface area contributed by atoms with Gasteiger partial charge in [0.2, 0.25) is 0 Å². The number of aliphatic carboxylic acids is 1. The number of carbonyl (C=O) groups is 2. The number of halogens is 2. The van der Waals surface area contributed by atoms with Crippen molar-refractivity contribution < 1.29 is 19.1 Å². The van der Waals surface area contributed by atoms with Gasteiger partial charge >= 0.3 is 12.0 Å². The first kappa shape index (κ1) is 24.5. The van der Waals surface area contributed by atoms with E-state index in [9.17, 15) is 19.1 Å². The van der Waals surface area contributed by atoms with Crippen molar-refractivity contribution >= 4 is 35.0 Å². The third-order valence-corrected chi connectivity index (χ3v) is 8.35. The van der Waals surface area contributed by atoms with E-state index in [0.717, 1.165) is 36.8 Å². The van der Waals surface area contributed by atoms with Crippen LogP contribution in [-0.4, -0.2) is 17.1 Å². The number of fused-ring (bicyclic) bond motifs is 3. The predicted octanol–water partition coefficient (Wildman–Crippen LogP) is 7.34. The van der Waals surface area contributed by atoms with Crippen molar-refractivity contribution in [3.8, 4) is 0 Å². The van der Waals surface area contributed by atoms with Crippen LogP contribution in [0.1, 0.15) is 76.0 Å². The number of carboxylic acid groups (broad SMARTS) is 1. The highest BCUT2D eigenvalue weighted by Gasteiger charge is 2.55. The van der Waals surface area contributed by atoms with E-state index in [-0.39, 0.29) is 22.3 Å². The number of aryl methyl sites for hydroxylation is 1. The summed E-state index contributed by atoms with van der Waals surface area (Å²) in [6.45, 7) is 8.25. The molecule has 0 heterocycles. The maximum atomic E-state index is 13.5. The van der Waals surface area contributed by atoms with E-state index in [1.165, 1.54) is 23.8 Å². The van der Waals surface area contributed by atoms with Crippen LogP contribution in [-0.2, 0) is 16.6 Å². The minimum absolute atomic E-state index is 0.0340. The molecule has 34 heavy (non-hydrogen) atoms. The number of hydrogen-bond acceptors (Lipinski definition) is 2. The van der Waals surface area contributed by atoms with Gasteiger partial charge in [-0.25, -0.2) is 9.18 Å². The van der Waals surface area contributed by atoms with Crippen LogP contribution in [0, 0.1) is 17.2 Å². The Morgan fingerprint density at radius 2 is 1.88 bits per heavy atom. The van der Waals surface area contributed by atoms with E-state index < -0.39 is 23.2 Å². The summed E-state index contributed by atoms with van der Waals surface area (Å²) in [6, 6.07) is 7.82. The van der Waals surface area contributed by atoms with Crippen molar-refractivity contribution in [2.45, 2.75) is 71.1 Å². The van der Waals surface area contributed by atoms with E-state index in [1.54, 1.807) is 0 Å². The highest BCUT2D eigenvalue weighted by molar-refractivity contribution is 6.31. The first-order valence-electron chi connectivity index (χ1n) is 11.9. The lowest BCUT2D eigenvalue weighted by molar-refractivity contribution is -0.157. The molecule has 1 fully saturated rings. The Labute approximate surface area is 205 Å². The predicted molar refractivity (Wildman–Crippen MR) is 133 cm³/mol. The van der Waals surface area contributed by atoms with Gasteiger partial charge in [0.05, 0.1) is 10.4 Å². The quantitative estimate of drug-likeness (QED) is 0.423. The topological polar surface area (TPSA) is 78.4 Å². The van der Waals surface area contributed by atoms with Crippen molar-refractivity contribution in [1.82, 2.24) is 0 Å². The second kappa shape index (κ2) is 8.88. The zero-order valence-electron chi connectivity index (χ0n) is 20.1. The van der Waals surface area contributed by atoms with Crippen molar-refractivity contribution in [1.29, 1.82) is 0 Å². The summed E-state index contributed by atoms with van der Waals surface area (Å²) in [6.07, 6.45) is 4.15. The highest BCUT2D eigenvalue weighted by atomic mass is 35.5. The van der Waals surface area contributed by atoms with Gasteiger partial charge in [0.15, 0.2) is 0 Å². The third-order valence-electron chi connectivity index (χ3n) is 8.06. The van der Waals surface area contributed by atoms with Gasteiger partial charge in [-0.3, -0.25) is 4.79 Å². The second-order valence-electron chi connectivity index (χ2n) is 10.5. The number of rotatable bonds is 4. The fraction of sp³-hybridized carbons (Fsp3) is 0.481. The van der Waals surface area contributed by atoms with E-state index in [4.69, 9.17) is 11.6 Å². The number of amides is 2. The van der Waals surface area contributed by atoms with Crippen molar-refractivity contribution in [3.05, 3.63) is 57.9 Å². The minimum Gasteiger partial charge on any atom is -0.481 e. The van der Waals surface area contributed by atoms with Crippen LogP contribution in [0.15, 0.2) is 30.3 Å². The number of hydrogen-bond donors (Lipinski definition) is 3. The van der Waals surface area contributed by atoms with Gasteiger partial charge in [-0.15, -0.1) is 0 Å². The Kier molecular flexibility index (Phi) is 6.40. The summed E-state index contributed by atoms with van der Waals surface area (Å²) < 4.78 is 13.5. The smallest absolute Gasteiger partial charge is 0.323 e. The molecule has 0 unspecified atom stereocenters. The standard InChI is InChI=1S/C27H32ClFN2O3/c1-15(2)18-12-16-6-9-23-26(3,10-5-11-27(23,4)24(32)33)19(16)14-22(18)31-25(34)30-17-7-8-21(29)20(28)13-17/h7-8,12-15,23H,5-6,9-11H2,1-4H3,(H,32,33)(H2,30,31,34)/t23-,26-,27-/m1/s1. The van der Waals surface area contributed by atoms with E-state index >= 15 is 0 Å². The lowest BCUT2D eigenvalue weighted by Crippen LogP contribution is -2.52. The molecule has 4 rings (SSSR count). The van der Waals surface area contributed by atoms with Crippen molar-refractivity contribution in [3.63, 3.8) is 0 Å². The van der Waals surface area contributed by atoms with Crippen LogP contribution in [0.3, 0.4) is 0 Å². The summed E-state index contributed by atoms with van der Waals surface area (Å²) >= 11 is 5.84. The summed E-state index contributed by atoms with van der Waals surface area (Å²) in [5.74, 6) is -1.05. The number of carboxylic acids is 1. The Morgan fingerprint density at radius 1 is 1.15 bits per heavy atom. The summed E-state index contributed by atoms with van der Waals surface area (Å²) in [5.41, 5.74) is 3.49. The largest absolute Gasteiger partial charge is 0.481 e. The summed E-state index contributed by atoms with van der Waals surface area (Å²) in [4.78, 5) is 25.1. The molecule has 0 saturated heterocycles. The fourth-order valence-electron chi connectivity index (χ4n) is 6.24. The number of nitrogens with one attached hydrogen (secondary N) is 2. The number of urea groups is 1. The lowest BCUT2D eigenvalue weighted by atomic mass is 9.49. The van der Waals surface area contributed by atoms with Crippen LogP contribution < -0.4 is 10.6 Å². The van der Waals surface area contributed by atoms with Crippen LogP contribution in [0.5, 0.6) is 0 Å². The van der Waals surface area contributed by atoms with Gasteiger partial charge in [0.25, 0.3) is 0 Å². The van der Waals surface area contributed by atoms with Crippen LogP contribution in [0.4, 0.5) is 20.6 Å². The van der Waals surface area contributed by atoms with Gasteiger partial charge in [0, 0.05) is 11.4 Å². The molecule has 0 aliphatic heterocycles. The molecule has 3 N–H and O–H groups in total. The van der Waals surface area contributed by atoms with Gasteiger partial charge in [-0.1, -0.05) is 44.9 Å². The molecular formula is C27H32ClFN2O3. The zero-order chi connectivity index (χ0) is 24.8. The molecule has 182 valence electrons. The number of anilines is 2. The number of benzene rings is 2. The molecule has 2 aliphatic rings. The fourth-order valence-corrected chi connectivity index (χ4v) is 6.42.